The Kier molecular flexibility index (Phi) is 5.45. The van der Waals surface area contributed by atoms with Crippen LogP contribution in [0.2, 0.25) is 5.15 Å². The number of aliphatic imine (C=N–C) groups is 1. The lowest BCUT2D eigenvalue weighted by Gasteiger charge is -2.44. The maximum atomic E-state index is 13.7. The van der Waals surface area contributed by atoms with Gasteiger partial charge in [0.2, 0.25) is 0 Å². The van der Waals surface area contributed by atoms with Crippen LogP contribution in [0.25, 0.3) is 0 Å². The molecule has 2 aromatic rings. The van der Waals surface area contributed by atoms with Gasteiger partial charge in [-0.25, -0.2) is 18.4 Å². The number of hydrogen-bond acceptors (Lipinski definition) is 7. The topological polar surface area (TPSA) is 98.6 Å². The zero-order valence-corrected chi connectivity index (χ0v) is 20.3. The predicted molar refractivity (Wildman–Crippen MR) is 123 cm³/mol. The van der Waals surface area contributed by atoms with Crippen molar-refractivity contribution in [3.63, 3.8) is 0 Å². The van der Waals surface area contributed by atoms with Crippen LogP contribution in [-0.2, 0) is 21.8 Å². The van der Waals surface area contributed by atoms with Gasteiger partial charge in [0, 0.05) is 24.1 Å². The molecule has 0 spiro atoms. The van der Waals surface area contributed by atoms with Gasteiger partial charge in [-0.15, -0.1) is 0 Å². The van der Waals surface area contributed by atoms with Gasteiger partial charge in [-0.1, -0.05) is 17.7 Å². The molecule has 170 valence electrons. The number of sulfone groups is 1. The highest BCUT2D eigenvalue weighted by Gasteiger charge is 2.57. The van der Waals surface area contributed by atoms with Crippen molar-refractivity contribution in [3.05, 3.63) is 52.6 Å². The third-order valence-corrected chi connectivity index (χ3v) is 10.0. The van der Waals surface area contributed by atoms with Crippen molar-refractivity contribution >= 4 is 32.9 Å². The molecule has 4 rings (SSSR count). The van der Waals surface area contributed by atoms with Gasteiger partial charge >= 0.3 is 0 Å². The van der Waals surface area contributed by atoms with Crippen LogP contribution in [-0.4, -0.2) is 46.0 Å². The lowest BCUT2D eigenvalue weighted by molar-refractivity contribution is 0.0987. The minimum Gasteiger partial charge on any atom is -0.490 e. The number of ether oxygens (including phenoxy) is 1. The molecular weight excluding hydrogens is 450 g/mol. The predicted octanol–water partition coefficient (Wildman–Crippen LogP) is 3.98. The lowest BCUT2D eigenvalue weighted by atomic mass is 9.84. The molecule has 3 heterocycles. The minimum atomic E-state index is -3.56. The quantitative estimate of drug-likeness (QED) is 0.622. The zero-order chi connectivity index (χ0) is 23.5. The van der Waals surface area contributed by atoms with Crippen LogP contribution in [0.1, 0.15) is 62.7 Å². The average molecular weight is 476 g/mol. The van der Waals surface area contributed by atoms with E-state index in [2.05, 4.69) is 9.97 Å². The first-order valence-corrected chi connectivity index (χ1v) is 12.4. The smallest absolute Gasteiger partial charge is 0.187 e. The van der Waals surface area contributed by atoms with E-state index in [1.165, 1.54) is 12.4 Å². The molecule has 3 atom stereocenters. The largest absolute Gasteiger partial charge is 0.490 e. The summed E-state index contributed by atoms with van der Waals surface area (Å²) >= 11 is 5.76. The number of aromatic nitrogens is 2. The molecule has 7 nitrogen and oxygen atoms in total. The third-order valence-electron chi connectivity index (χ3n) is 6.72. The second-order valence-corrected chi connectivity index (χ2v) is 12.3. The second kappa shape index (κ2) is 7.63. The van der Waals surface area contributed by atoms with Crippen LogP contribution in [0, 0.1) is 0 Å². The first-order chi connectivity index (χ1) is 14.9. The maximum absolute atomic E-state index is 13.7. The number of halogens is 1. The van der Waals surface area contributed by atoms with E-state index in [9.17, 15) is 13.2 Å². The summed E-state index contributed by atoms with van der Waals surface area (Å²) in [4.78, 5) is 25.6. The highest BCUT2D eigenvalue weighted by Crippen LogP contribution is 2.49. The Labute approximate surface area is 193 Å². The molecule has 0 radical (unpaired) electrons. The summed E-state index contributed by atoms with van der Waals surface area (Å²) in [5.74, 6) is 0.382. The van der Waals surface area contributed by atoms with E-state index < -0.39 is 25.4 Å². The fraction of sp³-hybridized carbons (Fsp3) is 0.478. The van der Waals surface area contributed by atoms with E-state index in [0.717, 1.165) is 5.56 Å². The van der Waals surface area contributed by atoms with Crippen LogP contribution in [0.5, 0.6) is 5.75 Å². The molecule has 0 bridgehead atoms. The molecule has 0 unspecified atom stereocenters. The van der Waals surface area contributed by atoms with Gasteiger partial charge < -0.3 is 4.74 Å². The summed E-state index contributed by atoms with van der Waals surface area (Å²) < 4.78 is 32.4. The van der Waals surface area contributed by atoms with Crippen molar-refractivity contribution in [1.82, 2.24) is 9.97 Å². The number of hydrogen-bond donors (Lipinski definition) is 0. The van der Waals surface area contributed by atoms with Crippen LogP contribution in [0.3, 0.4) is 0 Å². The third kappa shape index (κ3) is 3.53. The number of rotatable bonds is 3. The van der Waals surface area contributed by atoms with Crippen molar-refractivity contribution in [2.75, 3.05) is 0 Å². The normalized spacial score (nSPS) is 27.9. The van der Waals surface area contributed by atoms with Crippen molar-refractivity contribution in [2.45, 2.75) is 69.1 Å². The Morgan fingerprint density at radius 1 is 1.22 bits per heavy atom. The van der Waals surface area contributed by atoms with Crippen molar-refractivity contribution < 1.29 is 17.9 Å². The van der Waals surface area contributed by atoms with E-state index in [1.54, 1.807) is 26.8 Å². The van der Waals surface area contributed by atoms with E-state index in [-0.39, 0.29) is 29.2 Å². The Balaban J connectivity index is 1.81. The number of Topliss-reactive ketones (excluding diaryl/α,β-unsaturated/α-hetero) is 1. The van der Waals surface area contributed by atoms with Crippen LogP contribution < -0.4 is 4.74 Å². The Morgan fingerprint density at radius 3 is 2.59 bits per heavy atom. The number of fused-ring (bicyclic) bond motifs is 3. The molecule has 9 heteroatoms. The number of carbonyl (C=O) groups is 1. The first kappa shape index (κ1) is 22.9. The zero-order valence-electron chi connectivity index (χ0n) is 18.7. The number of benzene rings is 1. The van der Waals surface area contributed by atoms with E-state index >= 15 is 0 Å². The fourth-order valence-electron chi connectivity index (χ4n) is 4.49. The second-order valence-electron chi connectivity index (χ2n) is 9.21. The Morgan fingerprint density at radius 2 is 1.94 bits per heavy atom. The molecular formula is C23H26ClN3O4S. The maximum Gasteiger partial charge on any atom is 0.187 e. The van der Waals surface area contributed by atoms with Gasteiger partial charge in [-0.05, 0) is 52.3 Å². The number of nitrogens with zero attached hydrogens (tertiary/aromatic N) is 3. The van der Waals surface area contributed by atoms with Crippen molar-refractivity contribution in [1.29, 1.82) is 0 Å². The molecule has 0 fully saturated rings. The summed E-state index contributed by atoms with van der Waals surface area (Å²) in [5, 5.41) is -0.524. The first-order valence-electron chi connectivity index (χ1n) is 10.5. The number of carbonyl (C=O) groups excluding carboxylic acids is 1. The van der Waals surface area contributed by atoms with Crippen LogP contribution in [0.4, 0.5) is 0 Å². The molecule has 1 aromatic carbocycles. The van der Waals surface area contributed by atoms with Gasteiger partial charge in [0.15, 0.2) is 15.6 Å². The average Bonchev–Trinajstić information content (AvgIpc) is 2.82. The van der Waals surface area contributed by atoms with E-state index in [4.69, 9.17) is 21.3 Å². The molecule has 2 aliphatic heterocycles. The molecule has 0 amide bonds. The van der Waals surface area contributed by atoms with E-state index in [0.29, 0.717) is 23.4 Å². The van der Waals surface area contributed by atoms with E-state index in [1.807, 2.05) is 26.0 Å². The van der Waals surface area contributed by atoms with Gasteiger partial charge in [0.05, 0.1) is 23.7 Å². The van der Waals surface area contributed by atoms with Crippen molar-refractivity contribution in [3.8, 4) is 5.75 Å². The standard InChI is InChI=1S/C23H26ClN3O4S/c1-13-8-20-23(5,27-14(2)22(3,4)32(20,29)30)16-9-15(6-7-19(16)31-13)10-18(28)17-11-26-21(24)12-25-17/h6-7,9,11-13,20H,8,10H2,1-5H3/t13-,20+,23+/m0/s1. The highest BCUT2D eigenvalue weighted by molar-refractivity contribution is 7.94. The summed E-state index contributed by atoms with van der Waals surface area (Å²) in [7, 11) is -3.56. The molecule has 0 saturated heterocycles. The Bertz CT molecular complexity index is 1220. The van der Waals surface area contributed by atoms with Crippen LogP contribution in [0.15, 0.2) is 35.6 Å². The molecule has 0 N–H and O–H groups in total. The molecule has 1 aromatic heterocycles. The molecule has 32 heavy (non-hydrogen) atoms. The van der Waals surface area contributed by atoms with Gasteiger partial charge in [-0.2, -0.15) is 0 Å². The summed E-state index contributed by atoms with van der Waals surface area (Å²) in [6.45, 7) is 8.91. The number of ketones is 1. The lowest BCUT2D eigenvalue weighted by Crippen LogP contribution is -2.57. The van der Waals surface area contributed by atoms with Gasteiger partial charge in [0.25, 0.3) is 0 Å². The molecule has 0 aliphatic carbocycles. The summed E-state index contributed by atoms with van der Waals surface area (Å²) in [6.07, 6.45) is 2.80. The SMILES string of the molecule is CC1=N[C@]2(C)c3cc(CC(=O)c4cnc(Cl)cn4)ccc3O[C@@H](C)C[C@H]2S(=O)(=O)C1(C)C. The Hall–Kier alpha value is -2.32. The van der Waals surface area contributed by atoms with Gasteiger partial charge in [0.1, 0.15) is 26.9 Å². The minimum absolute atomic E-state index is 0.0842. The van der Waals surface area contributed by atoms with Gasteiger partial charge in [-0.3, -0.25) is 9.79 Å². The summed E-state index contributed by atoms with van der Waals surface area (Å²) in [5.41, 5.74) is 1.16. The fourth-order valence-corrected chi connectivity index (χ4v) is 7.07. The monoisotopic (exact) mass is 475 g/mol. The highest BCUT2D eigenvalue weighted by atomic mass is 35.5. The van der Waals surface area contributed by atoms with Crippen LogP contribution >= 0.6 is 11.6 Å². The summed E-state index contributed by atoms with van der Waals surface area (Å²) in [6, 6.07) is 5.45. The molecule has 2 aliphatic rings. The molecule has 0 saturated carbocycles. The van der Waals surface area contributed by atoms with Crippen molar-refractivity contribution in [2.24, 2.45) is 4.99 Å².